The number of hydrogen-bond donors (Lipinski definition) is 0. The van der Waals surface area contributed by atoms with Crippen LogP contribution in [-0.4, -0.2) is 46.1 Å². The van der Waals surface area contributed by atoms with Gasteiger partial charge in [0, 0.05) is 26.7 Å². The first-order valence-electron chi connectivity index (χ1n) is 8.05. The molecule has 1 rings (SSSR count). The highest BCUT2D eigenvalue weighted by Gasteiger charge is 2.18. The molecule has 0 radical (unpaired) electrons. The Bertz CT molecular complexity index is 486. The van der Waals surface area contributed by atoms with Gasteiger partial charge in [-0.05, 0) is 18.1 Å². The van der Waals surface area contributed by atoms with Gasteiger partial charge in [-0.15, -0.1) is 0 Å². The fourth-order valence-corrected chi connectivity index (χ4v) is 2.33. The van der Waals surface area contributed by atoms with Crippen molar-refractivity contribution in [3.05, 3.63) is 48.0 Å². The summed E-state index contributed by atoms with van der Waals surface area (Å²) in [5.41, 5.74) is 1.15. The molecular weight excluding hydrogens is 308 g/mol. The van der Waals surface area contributed by atoms with Gasteiger partial charge in [0.25, 0.3) is 0 Å². The smallest absolute Gasteiger partial charge is 0.339 e. The normalized spacial score (nSPS) is 15.2. The van der Waals surface area contributed by atoms with Crippen molar-refractivity contribution in [2.45, 2.75) is 32.2 Å². The van der Waals surface area contributed by atoms with E-state index in [9.17, 15) is 4.79 Å². The molecule has 1 aromatic carbocycles. The Morgan fingerprint density at radius 3 is 2.38 bits per heavy atom. The molecule has 0 saturated heterocycles. The van der Waals surface area contributed by atoms with Crippen molar-refractivity contribution < 1.29 is 23.7 Å². The van der Waals surface area contributed by atoms with Gasteiger partial charge >= 0.3 is 5.97 Å². The number of methoxy groups -OCH3 is 3. The lowest BCUT2D eigenvalue weighted by atomic mass is 10.0. The zero-order valence-electron chi connectivity index (χ0n) is 14.9. The molecule has 5 heteroatoms. The predicted molar refractivity (Wildman–Crippen MR) is 92.6 cm³/mol. The number of rotatable bonds is 11. The number of benzene rings is 1. The molecule has 0 fully saturated rings. The highest BCUT2D eigenvalue weighted by Crippen LogP contribution is 2.14. The van der Waals surface area contributed by atoms with Crippen LogP contribution < -0.4 is 0 Å². The standard InChI is InChI=1S/C19H28O5/c1-15(10-11-18(22-3)19(20)23-4)17(21-2)12-13-24-14-16-8-6-5-7-9-16/h5-11,15,17-18H,12-14H2,1-4H3/b11-10+/t15-,17+,18-/m0/s1. The van der Waals surface area contributed by atoms with Crippen LogP contribution >= 0.6 is 0 Å². The summed E-state index contributed by atoms with van der Waals surface area (Å²) in [6.45, 7) is 3.23. The molecule has 3 atom stereocenters. The van der Waals surface area contributed by atoms with Crippen molar-refractivity contribution in [1.29, 1.82) is 0 Å². The van der Waals surface area contributed by atoms with E-state index in [4.69, 9.17) is 14.2 Å². The molecular formula is C19H28O5. The van der Waals surface area contributed by atoms with Crippen molar-refractivity contribution in [2.24, 2.45) is 5.92 Å². The maximum Gasteiger partial charge on any atom is 0.339 e. The molecule has 0 N–H and O–H groups in total. The molecule has 1 aromatic rings. The van der Waals surface area contributed by atoms with E-state index in [-0.39, 0.29) is 12.0 Å². The summed E-state index contributed by atoms with van der Waals surface area (Å²) in [5, 5.41) is 0. The quantitative estimate of drug-likeness (QED) is 0.353. The zero-order valence-corrected chi connectivity index (χ0v) is 14.9. The monoisotopic (exact) mass is 336 g/mol. The van der Waals surface area contributed by atoms with Crippen LogP contribution in [0.3, 0.4) is 0 Å². The molecule has 24 heavy (non-hydrogen) atoms. The van der Waals surface area contributed by atoms with Crippen LogP contribution in [-0.2, 0) is 30.3 Å². The average molecular weight is 336 g/mol. The lowest BCUT2D eigenvalue weighted by Gasteiger charge is -2.20. The fourth-order valence-electron chi connectivity index (χ4n) is 2.33. The summed E-state index contributed by atoms with van der Waals surface area (Å²) in [6, 6.07) is 10.1. The third-order valence-electron chi connectivity index (χ3n) is 3.82. The van der Waals surface area contributed by atoms with E-state index in [2.05, 4.69) is 4.74 Å². The van der Waals surface area contributed by atoms with E-state index in [0.717, 1.165) is 12.0 Å². The summed E-state index contributed by atoms with van der Waals surface area (Å²) in [6.07, 6.45) is 3.70. The SMILES string of the molecule is COC(=O)[C@H](/C=C/[C@H](C)[C@@H](CCOCc1ccccc1)OC)OC. The van der Waals surface area contributed by atoms with Gasteiger partial charge in [-0.2, -0.15) is 0 Å². The first kappa shape index (κ1) is 20.4. The molecule has 0 bridgehead atoms. The molecule has 0 aliphatic rings. The second-order valence-corrected chi connectivity index (χ2v) is 5.52. The molecule has 0 aromatic heterocycles. The topological polar surface area (TPSA) is 54.0 Å². The van der Waals surface area contributed by atoms with Gasteiger partial charge in [0.2, 0.25) is 0 Å². The molecule has 0 saturated carbocycles. The van der Waals surface area contributed by atoms with Crippen molar-refractivity contribution >= 4 is 5.97 Å². The zero-order chi connectivity index (χ0) is 17.8. The molecule has 0 aliphatic carbocycles. The van der Waals surface area contributed by atoms with Gasteiger partial charge in [0.1, 0.15) is 0 Å². The van der Waals surface area contributed by atoms with Crippen LogP contribution in [0.4, 0.5) is 0 Å². The minimum Gasteiger partial charge on any atom is -0.467 e. The van der Waals surface area contributed by atoms with Crippen LogP contribution in [0.2, 0.25) is 0 Å². The lowest BCUT2D eigenvalue weighted by molar-refractivity contribution is -0.149. The van der Waals surface area contributed by atoms with Crippen molar-refractivity contribution in [1.82, 2.24) is 0 Å². The van der Waals surface area contributed by atoms with Crippen LogP contribution in [0, 0.1) is 5.92 Å². The van der Waals surface area contributed by atoms with Gasteiger partial charge in [-0.3, -0.25) is 0 Å². The van der Waals surface area contributed by atoms with E-state index >= 15 is 0 Å². The van der Waals surface area contributed by atoms with E-state index in [0.29, 0.717) is 13.2 Å². The number of hydrogen-bond acceptors (Lipinski definition) is 5. The fraction of sp³-hybridized carbons (Fsp3) is 0.526. The predicted octanol–water partition coefficient (Wildman–Crippen LogP) is 2.99. The minimum absolute atomic E-state index is 0.00664. The van der Waals surface area contributed by atoms with Gasteiger partial charge in [-0.25, -0.2) is 4.79 Å². The number of ether oxygens (including phenoxy) is 4. The molecule has 134 valence electrons. The molecule has 0 unspecified atom stereocenters. The second kappa shape index (κ2) is 11.8. The van der Waals surface area contributed by atoms with Gasteiger partial charge in [0.05, 0.1) is 19.8 Å². The summed E-state index contributed by atoms with van der Waals surface area (Å²) < 4.78 is 21.0. The Labute approximate surface area is 144 Å². The molecule has 0 spiro atoms. The highest BCUT2D eigenvalue weighted by atomic mass is 16.6. The Morgan fingerprint density at radius 2 is 1.79 bits per heavy atom. The average Bonchev–Trinajstić information content (AvgIpc) is 2.62. The van der Waals surface area contributed by atoms with Crippen LogP contribution in [0.5, 0.6) is 0 Å². The molecule has 0 amide bonds. The lowest BCUT2D eigenvalue weighted by Crippen LogP contribution is -2.24. The van der Waals surface area contributed by atoms with Crippen LogP contribution in [0.1, 0.15) is 18.9 Å². The van der Waals surface area contributed by atoms with E-state index < -0.39 is 12.1 Å². The Hall–Kier alpha value is -1.69. The molecule has 5 nitrogen and oxygen atoms in total. The maximum absolute atomic E-state index is 11.5. The van der Waals surface area contributed by atoms with E-state index in [1.807, 2.05) is 43.3 Å². The summed E-state index contributed by atoms with van der Waals surface area (Å²) in [7, 11) is 4.50. The summed E-state index contributed by atoms with van der Waals surface area (Å²) in [4.78, 5) is 11.5. The largest absolute Gasteiger partial charge is 0.467 e. The third kappa shape index (κ3) is 7.25. The van der Waals surface area contributed by atoms with E-state index in [1.165, 1.54) is 14.2 Å². The van der Waals surface area contributed by atoms with Gasteiger partial charge in [-0.1, -0.05) is 43.3 Å². The highest BCUT2D eigenvalue weighted by molar-refractivity contribution is 5.76. The maximum atomic E-state index is 11.5. The molecule has 0 aliphatic heterocycles. The Kier molecular flexibility index (Phi) is 10.00. The summed E-state index contributed by atoms with van der Waals surface area (Å²) >= 11 is 0. The third-order valence-corrected chi connectivity index (χ3v) is 3.82. The molecule has 0 heterocycles. The number of carbonyl (C=O) groups is 1. The first-order valence-corrected chi connectivity index (χ1v) is 8.05. The second-order valence-electron chi connectivity index (χ2n) is 5.52. The van der Waals surface area contributed by atoms with Crippen molar-refractivity contribution in [2.75, 3.05) is 27.9 Å². The first-order chi connectivity index (χ1) is 11.6. The van der Waals surface area contributed by atoms with Crippen molar-refractivity contribution in [3.8, 4) is 0 Å². The Morgan fingerprint density at radius 1 is 1.08 bits per heavy atom. The Balaban J connectivity index is 2.39. The van der Waals surface area contributed by atoms with Gasteiger partial charge < -0.3 is 18.9 Å². The minimum atomic E-state index is -0.690. The summed E-state index contributed by atoms with van der Waals surface area (Å²) in [5.74, 6) is -0.293. The van der Waals surface area contributed by atoms with Crippen LogP contribution in [0.25, 0.3) is 0 Å². The van der Waals surface area contributed by atoms with Gasteiger partial charge in [0.15, 0.2) is 6.10 Å². The number of esters is 1. The van der Waals surface area contributed by atoms with Crippen molar-refractivity contribution in [3.63, 3.8) is 0 Å². The number of carbonyl (C=O) groups excluding carboxylic acids is 1. The van der Waals surface area contributed by atoms with E-state index in [1.54, 1.807) is 13.2 Å². The van der Waals surface area contributed by atoms with Crippen LogP contribution in [0.15, 0.2) is 42.5 Å².